The van der Waals surface area contributed by atoms with E-state index in [1.54, 1.807) is 0 Å². The van der Waals surface area contributed by atoms with Crippen molar-refractivity contribution in [1.29, 1.82) is 0 Å². The van der Waals surface area contributed by atoms with Crippen LogP contribution in [0.15, 0.2) is 152 Å². The SMILES string of the molecule is O.O.O.O.O=[As]([O-])([O-])O.O=[As]([O-])([O-])[O-].[Mo].[Mo].[Mo].[Mo].[Mo].[Mo].[NH3+]c1ccccc1.[NH3+]c1ccccc1.[NH3+]c1ccccc1.[NH3+]c1ccccc1.[NH3+]c1ccccc1.[O-2].[O-2].[O-2].[O-2].[O-2].[O-2].[O-2].[O-2].[O-2].[O-2].[O-2].[O-2].[O-2].[O-2].[O-2].[O-2].[O-2].[O-2]. The van der Waals surface area contributed by atoms with Crippen molar-refractivity contribution in [2.75, 3.05) is 0 Å². The van der Waals surface area contributed by atoms with Gasteiger partial charge >= 0.3 is 61.1 Å². The molecule has 0 aromatic heterocycles. The molecule has 0 fully saturated rings. The van der Waals surface area contributed by atoms with Crippen molar-refractivity contribution in [3.63, 3.8) is 0 Å². The van der Waals surface area contributed by atoms with Gasteiger partial charge in [0.05, 0.1) is 0 Å². The number of rotatable bonds is 0. The molecule has 0 heterocycles. The van der Waals surface area contributed by atoms with E-state index < -0.39 is 29.0 Å². The van der Waals surface area contributed by atoms with Crippen LogP contribution in [0, 0.1) is 0 Å². The maximum absolute atomic E-state index is 8.72. The Labute approximate surface area is 511 Å². The maximum atomic E-state index is 8.72. The fraction of sp³-hybridized carbons (Fsp3) is 0. The van der Waals surface area contributed by atoms with Gasteiger partial charge in [0.2, 0.25) is 0 Å². The van der Waals surface area contributed by atoms with Crippen LogP contribution in [-0.4, -0.2) is 55.0 Å². The van der Waals surface area contributed by atoms with Crippen LogP contribution < -0.4 is 49.1 Å². The second kappa shape index (κ2) is 134. The third kappa shape index (κ3) is 221. The molecule has 5 rings (SSSR count). The average molecular weight is 1690 g/mol. The predicted octanol–water partition coefficient (Wildman–Crippen LogP) is -10.2. The molecular formula is C30H49As2Mo6N5O30-36. The minimum Gasteiger partial charge on any atom is -2.00 e. The summed E-state index contributed by atoms with van der Waals surface area (Å²) in [6, 6.07) is 49.4. The Balaban J connectivity index is -0.00000000995. The molecule has 0 unspecified atom stereocenters. The molecule has 0 spiro atoms. The second-order valence-corrected chi connectivity index (χ2v) is 12.2. The first-order valence-corrected chi connectivity index (χ1v) is 19.0. The van der Waals surface area contributed by atoms with Crippen molar-refractivity contribution in [3.8, 4) is 0 Å². The van der Waals surface area contributed by atoms with Gasteiger partial charge in [0.15, 0.2) is 0 Å². The Bertz CT molecular complexity index is 1260. The summed E-state index contributed by atoms with van der Waals surface area (Å²) in [7, 11) is 0. The van der Waals surface area contributed by atoms with E-state index in [1.165, 1.54) is 0 Å². The van der Waals surface area contributed by atoms with Crippen LogP contribution in [0.4, 0.5) is 28.4 Å². The number of hydrogen-bond donors (Lipinski definition) is 6. The minimum absolute atomic E-state index is 0. The summed E-state index contributed by atoms with van der Waals surface area (Å²) in [6.07, 6.45) is 0. The van der Waals surface area contributed by atoms with E-state index in [0.717, 1.165) is 28.4 Å². The van der Waals surface area contributed by atoms with E-state index >= 15 is 0 Å². The quantitative estimate of drug-likeness (QED) is 0.0807. The zero-order chi connectivity index (χ0) is 34.6. The van der Waals surface area contributed by atoms with Crippen molar-refractivity contribution >= 4 is 57.5 Å². The van der Waals surface area contributed by atoms with Gasteiger partial charge in [-0.2, -0.15) is 0 Å². The number of quaternary nitrogens is 5. The van der Waals surface area contributed by atoms with Crippen LogP contribution in [-0.2, 0) is 232 Å². The fourth-order valence-electron chi connectivity index (χ4n) is 2.39. The molecule has 5 aromatic rings. The standard InChI is InChI=1S/5C6H7N.2AsH3O4.6Mo.4H2O.18O/c5*7-6-4-2-1-3-5-6;2*2-1(3,4)5;;;;;;;;;;;;;;;;;;;;;;;;;;;;/h5*1-5H,7H2;2*(H3,2,3,4,5);;;;;;;4*1H2;;;;;;;;;;;;;;;;;;/q;;;;;;;;;;;;;;;;;18*-2. The summed E-state index contributed by atoms with van der Waals surface area (Å²) in [6.45, 7) is 0. The Morgan fingerprint density at radius 3 is 0.342 bits per heavy atom. The van der Waals surface area contributed by atoms with Gasteiger partial charge in [0.1, 0.15) is 28.4 Å². The van der Waals surface area contributed by atoms with Gasteiger partial charge in [-0.05, 0) is 60.7 Å². The summed E-state index contributed by atoms with van der Waals surface area (Å²) < 4.78 is 67.6. The van der Waals surface area contributed by atoms with Crippen LogP contribution in [0.1, 0.15) is 0 Å². The Morgan fingerprint density at radius 2 is 0.315 bits per heavy atom. The van der Waals surface area contributed by atoms with Gasteiger partial charge in [-0.1, -0.05) is 91.0 Å². The number of benzene rings is 5. The molecule has 0 atom stereocenters. The summed E-state index contributed by atoms with van der Waals surface area (Å²) >= 11 is -11.5. The smallest absolute Gasteiger partial charge is 0.127 e. The molecule has 0 aliphatic rings. The molecule has 0 aliphatic heterocycles. The van der Waals surface area contributed by atoms with E-state index in [9.17, 15) is 0 Å². The van der Waals surface area contributed by atoms with E-state index in [-0.39, 0.29) is 247 Å². The van der Waals surface area contributed by atoms with Gasteiger partial charge in [0.25, 0.3) is 0 Å². The fourth-order valence-corrected chi connectivity index (χ4v) is 2.39. The van der Waals surface area contributed by atoms with E-state index in [2.05, 4.69) is 28.7 Å². The average Bonchev–Trinajstić information content (AvgIpc) is 2.95. The third-order valence-corrected chi connectivity index (χ3v) is 4.21. The molecule has 0 amide bonds. The second-order valence-electron chi connectivity index (χ2n) is 8.34. The van der Waals surface area contributed by atoms with Gasteiger partial charge in [-0.3, -0.25) is 0 Å². The van der Waals surface area contributed by atoms with Crippen molar-refractivity contribution in [2.24, 2.45) is 0 Å². The molecule has 0 aliphatic carbocycles. The van der Waals surface area contributed by atoms with E-state index in [1.807, 2.05) is 152 Å². The molecule has 24 N–H and O–H groups in total. The molecule has 73 heavy (non-hydrogen) atoms. The summed E-state index contributed by atoms with van der Waals surface area (Å²) in [4.78, 5) is 0. The Morgan fingerprint density at radius 1 is 0.260 bits per heavy atom. The maximum Gasteiger partial charge on any atom is 0.127 e. The molecule has 0 bridgehead atoms. The van der Waals surface area contributed by atoms with E-state index in [4.69, 9.17) is 32.1 Å². The summed E-state index contributed by atoms with van der Waals surface area (Å²) in [5, 5.41) is 0. The molecule has 0 radical (unpaired) electrons. The first-order valence-electron chi connectivity index (χ1n) is 12.8. The normalized spacial score (nSPS) is 5.79. The van der Waals surface area contributed by atoms with Crippen molar-refractivity contribution in [2.45, 2.75) is 0 Å². The monoisotopic (exact) mass is 1700 g/mol. The van der Waals surface area contributed by atoms with Crippen molar-refractivity contribution in [3.05, 3.63) is 152 Å². The molecule has 456 valence electrons. The van der Waals surface area contributed by atoms with Gasteiger partial charge in [-0.15, -0.1) is 0 Å². The topological polar surface area (TPSA) is 947 Å². The molecular weight excluding hydrogens is 1640 g/mol. The van der Waals surface area contributed by atoms with E-state index in [0.29, 0.717) is 0 Å². The van der Waals surface area contributed by atoms with Gasteiger partial charge < -0.3 is 149 Å². The first-order chi connectivity index (χ1) is 21.0. The summed E-state index contributed by atoms with van der Waals surface area (Å²) in [5.41, 5.74) is 24.0. The third-order valence-electron chi connectivity index (χ3n) is 4.21. The van der Waals surface area contributed by atoms with Crippen LogP contribution in [0.3, 0.4) is 0 Å². The summed E-state index contributed by atoms with van der Waals surface area (Å²) in [5.74, 6) is 0. The zero-order valence-electron chi connectivity index (χ0n) is 36.5. The van der Waals surface area contributed by atoms with Crippen LogP contribution in [0.5, 0.6) is 0 Å². The van der Waals surface area contributed by atoms with Crippen LogP contribution >= 0.6 is 0 Å². The molecule has 5 aromatic carbocycles. The molecule has 0 saturated heterocycles. The van der Waals surface area contributed by atoms with Crippen molar-refractivity contribution in [1.82, 2.24) is 0 Å². The zero-order valence-corrected chi connectivity index (χ0v) is 52.3. The first kappa shape index (κ1) is 205. The van der Waals surface area contributed by atoms with Crippen LogP contribution in [0.25, 0.3) is 0 Å². The molecule has 43 heteroatoms. The minimum atomic E-state index is -5.88. The molecule has 35 nitrogen and oxygen atoms in total. The van der Waals surface area contributed by atoms with Gasteiger partial charge in [-0.25, -0.2) is 0 Å². The Hall–Kier alpha value is -0.373. The van der Waals surface area contributed by atoms with Crippen molar-refractivity contribution < 1.29 is 308 Å². The van der Waals surface area contributed by atoms with Crippen LogP contribution in [0.2, 0.25) is 0 Å². The Kier molecular flexibility index (Phi) is 377. The molecule has 0 saturated carbocycles. The predicted molar refractivity (Wildman–Crippen MR) is 187 cm³/mol. The van der Waals surface area contributed by atoms with Gasteiger partial charge in [0, 0.05) is 126 Å². The number of hydrogen-bond acceptors (Lipinski definition) is 7. The largest absolute Gasteiger partial charge is 2.00 e.